The third-order valence-corrected chi connectivity index (χ3v) is 4.62. The maximum absolute atomic E-state index is 11.5. The van der Waals surface area contributed by atoms with Gasteiger partial charge in [0.25, 0.3) is 5.91 Å². The number of piperazine rings is 1. The molecule has 0 radical (unpaired) electrons. The van der Waals surface area contributed by atoms with Gasteiger partial charge in [-0.3, -0.25) is 9.69 Å². The molecule has 1 amide bonds. The number of benzene rings is 2. The fraction of sp³-hybridized carbons (Fsp3) is 0.350. The van der Waals surface area contributed by atoms with E-state index in [0.29, 0.717) is 5.56 Å². The molecule has 0 spiro atoms. The van der Waals surface area contributed by atoms with Crippen LogP contribution in [0.5, 0.6) is 0 Å². The second-order valence-corrected chi connectivity index (χ2v) is 6.58. The van der Waals surface area contributed by atoms with E-state index in [4.69, 9.17) is 5.73 Å². The minimum absolute atomic E-state index is 0.240. The zero-order valence-corrected chi connectivity index (χ0v) is 14.7. The van der Waals surface area contributed by atoms with E-state index in [9.17, 15) is 4.79 Å². The SMILES string of the molecule is CC(CN1CCN(c2ccccc2)CC1)Nc1ccccc1C(N)=O. The number of nitrogens with two attached hydrogens (primary N) is 1. The lowest BCUT2D eigenvalue weighted by atomic mass is 10.1. The highest BCUT2D eigenvalue weighted by molar-refractivity contribution is 5.98. The van der Waals surface area contributed by atoms with Gasteiger partial charge >= 0.3 is 0 Å². The van der Waals surface area contributed by atoms with Gasteiger partial charge in [-0.1, -0.05) is 30.3 Å². The highest BCUT2D eigenvalue weighted by atomic mass is 16.1. The zero-order valence-electron chi connectivity index (χ0n) is 14.7. The standard InChI is InChI=1S/C20H26N4O/c1-16(22-19-10-6-5-9-18(19)20(21)25)15-23-11-13-24(14-12-23)17-7-3-2-4-8-17/h2-10,16,22H,11-15H2,1H3,(H2,21,25). The molecule has 1 atom stereocenters. The van der Waals surface area contributed by atoms with E-state index in [1.54, 1.807) is 6.07 Å². The molecule has 1 heterocycles. The van der Waals surface area contributed by atoms with Crippen molar-refractivity contribution in [2.45, 2.75) is 13.0 Å². The molecule has 2 aromatic carbocycles. The molecule has 0 aromatic heterocycles. The monoisotopic (exact) mass is 338 g/mol. The summed E-state index contributed by atoms with van der Waals surface area (Å²) in [7, 11) is 0. The Labute approximate surface area is 149 Å². The van der Waals surface area contributed by atoms with E-state index in [1.165, 1.54) is 5.69 Å². The van der Waals surface area contributed by atoms with Gasteiger partial charge in [-0.05, 0) is 31.2 Å². The number of nitrogens with one attached hydrogen (secondary N) is 1. The van der Waals surface area contributed by atoms with Crippen molar-refractivity contribution in [2.24, 2.45) is 5.73 Å². The fourth-order valence-electron chi connectivity index (χ4n) is 3.35. The average Bonchev–Trinajstić information content (AvgIpc) is 2.63. The predicted molar refractivity (Wildman–Crippen MR) is 103 cm³/mol. The number of nitrogens with zero attached hydrogens (tertiary/aromatic N) is 2. The number of amides is 1. The Morgan fingerprint density at radius 2 is 1.68 bits per heavy atom. The molecule has 3 N–H and O–H groups in total. The Hall–Kier alpha value is -2.53. The Balaban J connectivity index is 1.51. The molecule has 1 aliphatic rings. The van der Waals surface area contributed by atoms with Crippen LogP contribution in [0.3, 0.4) is 0 Å². The lowest BCUT2D eigenvalue weighted by Gasteiger charge is -2.37. The molecule has 5 heteroatoms. The van der Waals surface area contributed by atoms with Gasteiger partial charge in [0.05, 0.1) is 5.56 Å². The second-order valence-electron chi connectivity index (χ2n) is 6.58. The predicted octanol–water partition coefficient (Wildman–Crippen LogP) is 2.41. The van der Waals surface area contributed by atoms with Gasteiger partial charge in [0.15, 0.2) is 0 Å². The highest BCUT2D eigenvalue weighted by Crippen LogP contribution is 2.18. The summed E-state index contributed by atoms with van der Waals surface area (Å²) in [6.45, 7) is 7.23. The van der Waals surface area contributed by atoms with Crippen LogP contribution in [0.1, 0.15) is 17.3 Å². The van der Waals surface area contributed by atoms with Crippen molar-refractivity contribution < 1.29 is 4.79 Å². The third-order valence-electron chi connectivity index (χ3n) is 4.62. The minimum atomic E-state index is -0.397. The summed E-state index contributed by atoms with van der Waals surface area (Å²) in [4.78, 5) is 16.4. The smallest absolute Gasteiger partial charge is 0.250 e. The number of primary amides is 1. The van der Waals surface area contributed by atoms with Crippen molar-refractivity contribution in [3.05, 3.63) is 60.2 Å². The molecule has 25 heavy (non-hydrogen) atoms. The first kappa shape index (κ1) is 17.3. The first-order valence-corrected chi connectivity index (χ1v) is 8.81. The van der Waals surface area contributed by atoms with Crippen molar-refractivity contribution >= 4 is 17.3 Å². The molecule has 1 saturated heterocycles. The van der Waals surface area contributed by atoms with Crippen LogP contribution in [0.4, 0.5) is 11.4 Å². The van der Waals surface area contributed by atoms with Gasteiger partial charge in [0, 0.05) is 50.1 Å². The van der Waals surface area contributed by atoms with Crippen molar-refractivity contribution in [1.82, 2.24) is 4.90 Å². The number of hydrogen-bond acceptors (Lipinski definition) is 4. The molecule has 1 unspecified atom stereocenters. The minimum Gasteiger partial charge on any atom is -0.381 e. The topological polar surface area (TPSA) is 61.6 Å². The third kappa shape index (κ3) is 4.51. The Morgan fingerprint density at radius 1 is 1.04 bits per heavy atom. The van der Waals surface area contributed by atoms with E-state index in [-0.39, 0.29) is 6.04 Å². The molecule has 1 aliphatic heterocycles. The van der Waals surface area contributed by atoms with Gasteiger partial charge in [-0.15, -0.1) is 0 Å². The summed E-state index contributed by atoms with van der Waals surface area (Å²) < 4.78 is 0. The van der Waals surface area contributed by atoms with Gasteiger partial charge in [0.2, 0.25) is 0 Å². The number of anilines is 2. The molecular weight excluding hydrogens is 312 g/mol. The quantitative estimate of drug-likeness (QED) is 0.849. The van der Waals surface area contributed by atoms with Gasteiger partial charge in [-0.25, -0.2) is 0 Å². The van der Waals surface area contributed by atoms with Crippen LogP contribution in [-0.2, 0) is 0 Å². The average molecular weight is 338 g/mol. The highest BCUT2D eigenvalue weighted by Gasteiger charge is 2.19. The summed E-state index contributed by atoms with van der Waals surface area (Å²) in [5, 5.41) is 3.43. The molecule has 5 nitrogen and oxygen atoms in total. The summed E-state index contributed by atoms with van der Waals surface area (Å²) in [6, 6.07) is 18.2. The summed E-state index contributed by atoms with van der Waals surface area (Å²) in [6.07, 6.45) is 0. The summed E-state index contributed by atoms with van der Waals surface area (Å²) in [5.41, 5.74) is 8.10. The maximum atomic E-state index is 11.5. The summed E-state index contributed by atoms with van der Waals surface area (Å²) >= 11 is 0. The molecule has 3 rings (SSSR count). The largest absolute Gasteiger partial charge is 0.381 e. The van der Waals surface area contributed by atoms with Crippen LogP contribution in [0.2, 0.25) is 0 Å². The number of para-hydroxylation sites is 2. The van der Waals surface area contributed by atoms with Crippen molar-refractivity contribution in [1.29, 1.82) is 0 Å². The van der Waals surface area contributed by atoms with E-state index in [0.717, 1.165) is 38.4 Å². The fourth-order valence-corrected chi connectivity index (χ4v) is 3.35. The first-order chi connectivity index (χ1) is 12.1. The molecule has 0 saturated carbocycles. The van der Waals surface area contributed by atoms with Crippen molar-refractivity contribution in [3.63, 3.8) is 0 Å². The van der Waals surface area contributed by atoms with E-state index >= 15 is 0 Å². The summed E-state index contributed by atoms with van der Waals surface area (Å²) in [5.74, 6) is -0.397. The first-order valence-electron chi connectivity index (χ1n) is 8.81. The molecule has 0 bridgehead atoms. The van der Waals surface area contributed by atoms with E-state index in [1.807, 2.05) is 18.2 Å². The lowest BCUT2D eigenvalue weighted by Crippen LogP contribution is -2.49. The van der Waals surface area contributed by atoms with Gasteiger partial charge in [0.1, 0.15) is 0 Å². The van der Waals surface area contributed by atoms with Crippen LogP contribution >= 0.6 is 0 Å². The van der Waals surface area contributed by atoms with Crippen LogP contribution in [-0.4, -0.2) is 49.6 Å². The lowest BCUT2D eigenvalue weighted by molar-refractivity contribution is 0.100. The van der Waals surface area contributed by atoms with Gasteiger partial charge in [-0.2, -0.15) is 0 Å². The van der Waals surface area contributed by atoms with Crippen molar-refractivity contribution in [3.8, 4) is 0 Å². The molecule has 1 fully saturated rings. The molecular formula is C20H26N4O. The molecule has 2 aromatic rings. The number of carbonyl (C=O) groups excluding carboxylic acids is 1. The van der Waals surface area contributed by atoms with E-state index < -0.39 is 5.91 Å². The van der Waals surface area contributed by atoms with Crippen LogP contribution in [0.15, 0.2) is 54.6 Å². The van der Waals surface area contributed by atoms with Gasteiger partial charge < -0.3 is 16.0 Å². The Morgan fingerprint density at radius 3 is 2.36 bits per heavy atom. The van der Waals surface area contributed by atoms with Crippen LogP contribution in [0.25, 0.3) is 0 Å². The zero-order chi connectivity index (χ0) is 17.6. The second kappa shape index (κ2) is 8.03. The Bertz CT molecular complexity index is 696. The van der Waals surface area contributed by atoms with E-state index in [2.05, 4.69) is 52.4 Å². The maximum Gasteiger partial charge on any atom is 0.250 e. The molecule has 0 aliphatic carbocycles. The normalized spacial score (nSPS) is 16.4. The molecule has 132 valence electrons. The Kier molecular flexibility index (Phi) is 5.56. The number of rotatable bonds is 6. The number of hydrogen-bond donors (Lipinski definition) is 2. The van der Waals surface area contributed by atoms with Crippen LogP contribution in [0, 0.1) is 0 Å². The van der Waals surface area contributed by atoms with Crippen molar-refractivity contribution in [2.75, 3.05) is 42.9 Å². The van der Waals surface area contributed by atoms with Crippen LogP contribution < -0.4 is 16.0 Å². The number of carbonyl (C=O) groups is 1.